The standard InChI is InChI=1S/C15H29N3O2/c1-12-9-17(10-13(2)20-12)11-14-5-4-8-18(14)15(19)6-3-7-16/h12-14H,3-11,16H2,1-2H3/t12-,13+,14-/m0/s1. The van der Waals surface area contributed by atoms with Crippen molar-refractivity contribution >= 4 is 5.91 Å². The summed E-state index contributed by atoms with van der Waals surface area (Å²) in [5.41, 5.74) is 5.50. The monoisotopic (exact) mass is 283 g/mol. The number of carbonyl (C=O) groups is 1. The highest BCUT2D eigenvalue weighted by Crippen LogP contribution is 2.21. The predicted octanol–water partition coefficient (Wildman–Crippen LogP) is 0.826. The number of hydrogen-bond donors (Lipinski definition) is 1. The zero-order chi connectivity index (χ0) is 14.5. The van der Waals surface area contributed by atoms with E-state index in [4.69, 9.17) is 10.5 Å². The molecule has 0 radical (unpaired) electrons. The molecule has 0 aromatic heterocycles. The fourth-order valence-electron chi connectivity index (χ4n) is 3.48. The Kier molecular flexibility index (Phi) is 5.81. The highest BCUT2D eigenvalue weighted by Gasteiger charge is 2.31. The molecule has 2 aliphatic heterocycles. The van der Waals surface area contributed by atoms with Gasteiger partial charge in [0, 0.05) is 38.6 Å². The van der Waals surface area contributed by atoms with Crippen molar-refractivity contribution in [3.63, 3.8) is 0 Å². The van der Waals surface area contributed by atoms with Gasteiger partial charge in [0.15, 0.2) is 0 Å². The van der Waals surface area contributed by atoms with Gasteiger partial charge >= 0.3 is 0 Å². The van der Waals surface area contributed by atoms with Crippen LogP contribution in [0, 0.1) is 0 Å². The Hall–Kier alpha value is -0.650. The van der Waals surface area contributed by atoms with Gasteiger partial charge in [-0.05, 0) is 39.7 Å². The molecular weight excluding hydrogens is 254 g/mol. The number of amides is 1. The predicted molar refractivity (Wildman–Crippen MR) is 79.5 cm³/mol. The van der Waals surface area contributed by atoms with E-state index in [9.17, 15) is 4.79 Å². The molecular formula is C15H29N3O2. The third-order valence-corrected chi connectivity index (χ3v) is 4.26. The molecule has 0 spiro atoms. The lowest BCUT2D eigenvalue weighted by atomic mass is 10.1. The minimum Gasteiger partial charge on any atom is -0.373 e. The smallest absolute Gasteiger partial charge is 0.222 e. The fourth-order valence-corrected chi connectivity index (χ4v) is 3.48. The summed E-state index contributed by atoms with van der Waals surface area (Å²) in [5.74, 6) is 0.285. The highest BCUT2D eigenvalue weighted by molar-refractivity contribution is 5.76. The van der Waals surface area contributed by atoms with E-state index in [-0.39, 0.29) is 5.91 Å². The van der Waals surface area contributed by atoms with Crippen LogP contribution in [0.1, 0.15) is 39.5 Å². The summed E-state index contributed by atoms with van der Waals surface area (Å²) in [6, 6.07) is 0.387. The molecule has 5 heteroatoms. The van der Waals surface area contributed by atoms with Crippen molar-refractivity contribution in [2.75, 3.05) is 32.7 Å². The second kappa shape index (κ2) is 7.38. The first-order valence-electron chi connectivity index (χ1n) is 7.97. The molecule has 2 rings (SSSR count). The van der Waals surface area contributed by atoms with Crippen LogP contribution in [0.25, 0.3) is 0 Å². The van der Waals surface area contributed by atoms with Crippen LogP contribution in [-0.4, -0.2) is 66.7 Å². The van der Waals surface area contributed by atoms with Gasteiger partial charge in [0.1, 0.15) is 0 Å². The van der Waals surface area contributed by atoms with Gasteiger partial charge in [0.2, 0.25) is 5.91 Å². The summed E-state index contributed by atoms with van der Waals surface area (Å²) in [5, 5.41) is 0. The molecule has 0 aromatic carbocycles. The summed E-state index contributed by atoms with van der Waals surface area (Å²) in [6.45, 7) is 8.72. The quantitative estimate of drug-likeness (QED) is 0.812. The molecule has 2 N–H and O–H groups in total. The van der Waals surface area contributed by atoms with Crippen molar-refractivity contribution < 1.29 is 9.53 Å². The van der Waals surface area contributed by atoms with Gasteiger partial charge in [-0.3, -0.25) is 9.69 Å². The summed E-state index contributed by atoms with van der Waals surface area (Å²) in [6.07, 6.45) is 4.25. The normalized spacial score (nSPS) is 31.8. The number of likely N-dealkylation sites (tertiary alicyclic amines) is 1. The number of morpholine rings is 1. The molecule has 0 saturated carbocycles. The van der Waals surface area contributed by atoms with Crippen molar-refractivity contribution in [2.24, 2.45) is 5.73 Å². The first-order valence-corrected chi connectivity index (χ1v) is 7.97. The van der Waals surface area contributed by atoms with E-state index in [1.807, 2.05) is 0 Å². The lowest BCUT2D eigenvalue weighted by Gasteiger charge is -2.38. The van der Waals surface area contributed by atoms with Gasteiger partial charge in [-0.2, -0.15) is 0 Å². The van der Waals surface area contributed by atoms with E-state index in [0.717, 1.165) is 45.4 Å². The van der Waals surface area contributed by atoms with E-state index >= 15 is 0 Å². The van der Waals surface area contributed by atoms with Crippen molar-refractivity contribution in [2.45, 2.75) is 57.8 Å². The molecule has 0 unspecified atom stereocenters. The van der Waals surface area contributed by atoms with Gasteiger partial charge in [-0.25, -0.2) is 0 Å². The summed E-state index contributed by atoms with van der Waals surface area (Å²) < 4.78 is 5.77. The topological polar surface area (TPSA) is 58.8 Å². The molecule has 0 bridgehead atoms. The SMILES string of the molecule is C[C@@H]1CN(C[C@@H]2CCCN2C(=O)CCCN)C[C@H](C)O1. The Morgan fingerprint density at radius 1 is 1.30 bits per heavy atom. The minimum absolute atomic E-state index is 0.285. The van der Waals surface area contributed by atoms with Crippen LogP contribution in [0.3, 0.4) is 0 Å². The zero-order valence-corrected chi connectivity index (χ0v) is 12.9. The average Bonchev–Trinajstić information content (AvgIpc) is 2.82. The van der Waals surface area contributed by atoms with Crippen LogP contribution in [0.5, 0.6) is 0 Å². The van der Waals surface area contributed by atoms with Crippen LogP contribution < -0.4 is 5.73 Å². The molecule has 2 fully saturated rings. The summed E-state index contributed by atoms with van der Waals surface area (Å²) in [7, 11) is 0. The van der Waals surface area contributed by atoms with Gasteiger partial charge in [-0.15, -0.1) is 0 Å². The van der Waals surface area contributed by atoms with Crippen molar-refractivity contribution in [1.82, 2.24) is 9.80 Å². The molecule has 20 heavy (non-hydrogen) atoms. The maximum absolute atomic E-state index is 12.2. The number of ether oxygens (including phenoxy) is 1. The minimum atomic E-state index is 0.285. The van der Waals surface area contributed by atoms with E-state index in [1.165, 1.54) is 0 Å². The molecule has 1 amide bonds. The van der Waals surface area contributed by atoms with Crippen LogP contribution >= 0.6 is 0 Å². The Balaban J connectivity index is 1.85. The Labute approximate surface area is 122 Å². The maximum Gasteiger partial charge on any atom is 0.222 e. The zero-order valence-electron chi connectivity index (χ0n) is 12.9. The van der Waals surface area contributed by atoms with Crippen molar-refractivity contribution in [3.8, 4) is 0 Å². The van der Waals surface area contributed by atoms with Gasteiger partial charge in [-0.1, -0.05) is 0 Å². The molecule has 0 aromatic rings. The van der Waals surface area contributed by atoms with E-state index in [0.29, 0.717) is 31.2 Å². The lowest BCUT2D eigenvalue weighted by Crippen LogP contribution is -2.50. The third kappa shape index (κ3) is 4.17. The van der Waals surface area contributed by atoms with Crippen molar-refractivity contribution in [1.29, 1.82) is 0 Å². The summed E-state index contributed by atoms with van der Waals surface area (Å²) in [4.78, 5) is 16.8. The second-order valence-corrected chi connectivity index (χ2v) is 6.25. The van der Waals surface area contributed by atoms with Crippen LogP contribution in [-0.2, 0) is 9.53 Å². The largest absolute Gasteiger partial charge is 0.373 e. The Morgan fingerprint density at radius 3 is 2.65 bits per heavy atom. The first-order chi connectivity index (χ1) is 9.60. The van der Waals surface area contributed by atoms with E-state index in [2.05, 4.69) is 23.6 Å². The first kappa shape index (κ1) is 15.7. The number of hydrogen-bond acceptors (Lipinski definition) is 4. The Bertz CT molecular complexity index is 314. The third-order valence-electron chi connectivity index (χ3n) is 4.26. The molecule has 2 saturated heterocycles. The fraction of sp³-hybridized carbons (Fsp3) is 0.933. The van der Waals surface area contributed by atoms with Crippen LogP contribution in [0.2, 0.25) is 0 Å². The van der Waals surface area contributed by atoms with Gasteiger partial charge < -0.3 is 15.4 Å². The van der Waals surface area contributed by atoms with E-state index < -0.39 is 0 Å². The lowest BCUT2D eigenvalue weighted by molar-refractivity contribution is -0.133. The molecule has 116 valence electrons. The van der Waals surface area contributed by atoms with Crippen LogP contribution in [0.4, 0.5) is 0 Å². The molecule has 2 aliphatic rings. The highest BCUT2D eigenvalue weighted by atomic mass is 16.5. The van der Waals surface area contributed by atoms with E-state index in [1.54, 1.807) is 0 Å². The maximum atomic E-state index is 12.2. The van der Waals surface area contributed by atoms with Crippen molar-refractivity contribution in [3.05, 3.63) is 0 Å². The van der Waals surface area contributed by atoms with Gasteiger partial charge in [0.25, 0.3) is 0 Å². The second-order valence-electron chi connectivity index (χ2n) is 6.25. The molecule has 3 atom stereocenters. The molecule has 2 heterocycles. The molecule has 0 aliphatic carbocycles. The number of nitrogens with two attached hydrogens (primary N) is 1. The number of rotatable bonds is 5. The Morgan fingerprint density at radius 2 is 2.00 bits per heavy atom. The van der Waals surface area contributed by atoms with Crippen LogP contribution in [0.15, 0.2) is 0 Å². The van der Waals surface area contributed by atoms with Gasteiger partial charge in [0.05, 0.1) is 12.2 Å². The molecule has 5 nitrogen and oxygen atoms in total. The average molecular weight is 283 g/mol. The summed E-state index contributed by atoms with van der Waals surface area (Å²) >= 11 is 0. The number of carbonyl (C=O) groups excluding carboxylic acids is 1. The number of nitrogens with zero attached hydrogens (tertiary/aromatic N) is 2.